The topological polar surface area (TPSA) is 28.1 Å². The fourth-order valence-electron chi connectivity index (χ4n) is 4.25. The summed E-state index contributed by atoms with van der Waals surface area (Å²) in [7, 11) is 2.20. The molecule has 0 N–H and O–H groups in total. The largest absolute Gasteiger partial charge is 0.395 e. The Bertz CT molecular complexity index is 647. The van der Waals surface area contributed by atoms with E-state index in [1.165, 1.54) is 42.8 Å². The molecular formula is C24H37N3O. The molecule has 1 aromatic rings. The van der Waals surface area contributed by atoms with Crippen molar-refractivity contribution < 1.29 is 4.84 Å². The van der Waals surface area contributed by atoms with Crippen molar-refractivity contribution in [3.05, 3.63) is 41.5 Å². The highest BCUT2D eigenvalue weighted by Crippen LogP contribution is 2.30. The Kier molecular flexibility index (Phi) is 8.11. The molecule has 0 aromatic heterocycles. The summed E-state index contributed by atoms with van der Waals surface area (Å²) in [5.41, 5.74) is 3.80. The zero-order valence-electron chi connectivity index (χ0n) is 17.9. The van der Waals surface area contributed by atoms with Crippen LogP contribution in [0.4, 0.5) is 0 Å². The maximum Gasteiger partial charge on any atom is 0.120 e. The molecular weight excluding hydrogens is 346 g/mol. The standard InChI is InChI=1S/C24H37N3O/c1-4-22-11-8-12-23(17-21-9-6-5-7-10-21)24(22)25-28-19-20(2)18-27-15-13-26(3)14-16-27/h5-7,9-10,17,20,22H,4,8,11-16,18-19H2,1-3H3/b23-17+,25-24+/t20-,22+/m1/s1. The van der Waals surface area contributed by atoms with Gasteiger partial charge in [-0.15, -0.1) is 0 Å². The van der Waals surface area contributed by atoms with Crippen LogP contribution in [-0.4, -0.2) is 61.9 Å². The van der Waals surface area contributed by atoms with E-state index in [4.69, 9.17) is 4.84 Å². The van der Waals surface area contributed by atoms with Gasteiger partial charge in [-0.2, -0.15) is 0 Å². The Morgan fingerprint density at radius 1 is 1.18 bits per heavy atom. The summed E-state index contributed by atoms with van der Waals surface area (Å²) in [5.74, 6) is 1.02. The van der Waals surface area contributed by atoms with Gasteiger partial charge in [0.2, 0.25) is 0 Å². The third kappa shape index (κ3) is 6.18. The van der Waals surface area contributed by atoms with Crippen molar-refractivity contribution in [2.24, 2.45) is 17.0 Å². The Labute approximate surface area is 171 Å². The van der Waals surface area contributed by atoms with E-state index in [1.54, 1.807) is 0 Å². The number of hydrogen-bond donors (Lipinski definition) is 0. The minimum atomic E-state index is 0.498. The van der Waals surface area contributed by atoms with Gasteiger partial charge in [-0.3, -0.25) is 0 Å². The van der Waals surface area contributed by atoms with E-state index in [-0.39, 0.29) is 0 Å². The van der Waals surface area contributed by atoms with Gasteiger partial charge in [0.05, 0.1) is 5.71 Å². The van der Waals surface area contributed by atoms with Gasteiger partial charge < -0.3 is 14.6 Å². The molecule has 4 heteroatoms. The normalized spacial score (nSPS) is 25.9. The number of piperazine rings is 1. The van der Waals surface area contributed by atoms with Gasteiger partial charge in [0.15, 0.2) is 0 Å². The van der Waals surface area contributed by atoms with Crippen LogP contribution in [0.5, 0.6) is 0 Å². The van der Waals surface area contributed by atoms with Gasteiger partial charge in [0, 0.05) is 44.6 Å². The van der Waals surface area contributed by atoms with Crippen LogP contribution < -0.4 is 0 Å². The molecule has 0 amide bonds. The fourth-order valence-corrected chi connectivity index (χ4v) is 4.25. The van der Waals surface area contributed by atoms with E-state index in [9.17, 15) is 0 Å². The van der Waals surface area contributed by atoms with Crippen molar-refractivity contribution in [1.82, 2.24) is 9.80 Å². The summed E-state index contributed by atoms with van der Waals surface area (Å²) >= 11 is 0. The Morgan fingerprint density at radius 3 is 2.64 bits per heavy atom. The van der Waals surface area contributed by atoms with Gasteiger partial charge in [-0.05, 0) is 49.9 Å². The number of rotatable bonds is 7. The summed E-state index contributed by atoms with van der Waals surface area (Å²) in [4.78, 5) is 10.9. The number of oxime groups is 1. The minimum absolute atomic E-state index is 0.498. The van der Waals surface area contributed by atoms with Crippen LogP contribution in [0.25, 0.3) is 6.08 Å². The zero-order chi connectivity index (χ0) is 19.8. The van der Waals surface area contributed by atoms with Crippen LogP contribution in [-0.2, 0) is 4.84 Å². The highest BCUT2D eigenvalue weighted by Gasteiger charge is 2.24. The van der Waals surface area contributed by atoms with E-state index < -0.39 is 0 Å². The molecule has 0 radical (unpaired) electrons. The molecule has 154 valence electrons. The molecule has 0 spiro atoms. The van der Waals surface area contributed by atoms with Crippen molar-refractivity contribution in [1.29, 1.82) is 0 Å². The monoisotopic (exact) mass is 383 g/mol. The van der Waals surface area contributed by atoms with Gasteiger partial charge in [-0.25, -0.2) is 0 Å². The molecule has 1 aliphatic carbocycles. The zero-order valence-corrected chi connectivity index (χ0v) is 17.9. The molecule has 4 nitrogen and oxygen atoms in total. The SMILES string of the molecule is CC[C@H]1CCCC(=C\c2ccccc2)/C1=N/OC[C@H](C)CN1CCN(C)CC1. The van der Waals surface area contributed by atoms with Crippen LogP contribution in [0.2, 0.25) is 0 Å². The smallest absolute Gasteiger partial charge is 0.120 e. The number of hydrogen-bond acceptors (Lipinski definition) is 4. The number of likely N-dealkylation sites (N-methyl/N-ethyl adjacent to an activating group) is 1. The first kappa shape index (κ1) is 21.1. The second-order valence-corrected chi connectivity index (χ2v) is 8.56. The van der Waals surface area contributed by atoms with Crippen molar-refractivity contribution >= 4 is 11.8 Å². The molecule has 1 aromatic carbocycles. The average molecular weight is 384 g/mol. The molecule has 1 aliphatic heterocycles. The molecule has 2 fully saturated rings. The number of nitrogens with zero attached hydrogens (tertiary/aromatic N) is 3. The second kappa shape index (κ2) is 10.8. The van der Waals surface area contributed by atoms with Crippen molar-refractivity contribution in [3.8, 4) is 0 Å². The summed E-state index contributed by atoms with van der Waals surface area (Å²) in [6, 6.07) is 10.6. The second-order valence-electron chi connectivity index (χ2n) is 8.56. The van der Waals surface area contributed by atoms with Crippen molar-refractivity contribution in [2.45, 2.75) is 39.5 Å². The number of allylic oxidation sites excluding steroid dienone is 1. The van der Waals surface area contributed by atoms with Crippen LogP contribution >= 0.6 is 0 Å². The lowest BCUT2D eigenvalue weighted by atomic mass is 9.81. The Morgan fingerprint density at radius 2 is 1.93 bits per heavy atom. The Hall–Kier alpha value is -1.65. The number of benzene rings is 1. The van der Waals surface area contributed by atoms with Gasteiger partial charge in [0.25, 0.3) is 0 Å². The highest BCUT2D eigenvalue weighted by atomic mass is 16.6. The van der Waals surface area contributed by atoms with E-state index in [2.05, 4.69) is 72.3 Å². The first-order valence-electron chi connectivity index (χ1n) is 11.0. The van der Waals surface area contributed by atoms with Crippen LogP contribution in [0, 0.1) is 11.8 Å². The molecule has 1 heterocycles. The van der Waals surface area contributed by atoms with E-state index in [0.717, 1.165) is 32.5 Å². The van der Waals surface area contributed by atoms with E-state index >= 15 is 0 Å². The predicted molar refractivity (Wildman–Crippen MR) is 119 cm³/mol. The molecule has 1 saturated carbocycles. The maximum absolute atomic E-state index is 5.91. The van der Waals surface area contributed by atoms with Gasteiger partial charge in [0.1, 0.15) is 6.61 Å². The molecule has 3 rings (SSSR count). The lowest BCUT2D eigenvalue weighted by Gasteiger charge is -2.33. The molecule has 0 bridgehead atoms. The molecule has 2 atom stereocenters. The van der Waals surface area contributed by atoms with Crippen molar-refractivity contribution in [3.63, 3.8) is 0 Å². The van der Waals surface area contributed by atoms with E-state index in [0.29, 0.717) is 18.4 Å². The van der Waals surface area contributed by atoms with Gasteiger partial charge in [-0.1, -0.05) is 49.3 Å². The van der Waals surface area contributed by atoms with Crippen LogP contribution in [0.15, 0.2) is 41.1 Å². The lowest BCUT2D eigenvalue weighted by Crippen LogP contribution is -2.46. The maximum atomic E-state index is 5.91. The first-order valence-corrected chi connectivity index (χ1v) is 11.0. The lowest BCUT2D eigenvalue weighted by molar-refractivity contribution is 0.0774. The highest BCUT2D eigenvalue weighted by molar-refractivity contribution is 6.05. The predicted octanol–water partition coefficient (Wildman–Crippen LogP) is 4.54. The molecule has 0 unspecified atom stereocenters. The summed E-state index contributed by atoms with van der Waals surface area (Å²) in [5, 5.41) is 4.68. The van der Waals surface area contributed by atoms with Crippen LogP contribution in [0.1, 0.15) is 45.1 Å². The summed E-state index contributed by atoms with van der Waals surface area (Å²) in [6.45, 7) is 11.0. The summed E-state index contributed by atoms with van der Waals surface area (Å²) in [6.07, 6.45) is 7.00. The molecule has 1 saturated heterocycles. The van der Waals surface area contributed by atoms with Crippen molar-refractivity contribution in [2.75, 3.05) is 46.4 Å². The first-order chi connectivity index (χ1) is 13.7. The molecule has 28 heavy (non-hydrogen) atoms. The fraction of sp³-hybridized carbons (Fsp3) is 0.625. The quantitative estimate of drug-likeness (QED) is 0.647. The third-order valence-electron chi connectivity index (χ3n) is 6.04. The third-order valence-corrected chi connectivity index (χ3v) is 6.04. The average Bonchev–Trinajstić information content (AvgIpc) is 2.71. The van der Waals surface area contributed by atoms with Crippen LogP contribution in [0.3, 0.4) is 0 Å². The summed E-state index contributed by atoms with van der Waals surface area (Å²) < 4.78 is 0. The minimum Gasteiger partial charge on any atom is -0.395 e. The molecule has 2 aliphatic rings. The van der Waals surface area contributed by atoms with Gasteiger partial charge >= 0.3 is 0 Å². The Balaban J connectivity index is 1.59. The van der Waals surface area contributed by atoms with E-state index in [1.807, 2.05) is 0 Å².